The van der Waals surface area contributed by atoms with Crippen LogP contribution in [0.15, 0.2) is 24.3 Å². The van der Waals surface area contributed by atoms with Gasteiger partial charge in [-0.2, -0.15) is 0 Å². The van der Waals surface area contributed by atoms with Gasteiger partial charge in [0.25, 0.3) is 0 Å². The van der Waals surface area contributed by atoms with E-state index in [0.29, 0.717) is 6.54 Å². The fraction of sp³-hybridized carbons (Fsp3) is 0.533. The van der Waals surface area contributed by atoms with Crippen molar-refractivity contribution in [3.8, 4) is 0 Å². The molecule has 0 saturated carbocycles. The van der Waals surface area contributed by atoms with Gasteiger partial charge < -0.3 is 10.6 Å². The van der Waals surface area contributed by atoms with Crippen molar-refractivity contribution in [1.82, 2.24) is 5.32 Å². The Balaban J connectivity index is 1.96. The first-order valence-electron chi connectivity index (χ1n) is 7.32. The van der Waals surface area contributed by atoms with E-state index >= 15 is 0 Å². The molecule has 0 aliphatic carbocycles. The number of amides is 1. The van der Waals surface area contributed by atoms with Crippen LogP contribution in [0.3, 0.4) is 0 Å². The Hall–Kier alpha value is -1.40. The molecule has 6 heteroatoms. The highest BCUT2D eigenvalue weighted by Gasteiger charge is 2.26. The van der Waals surface area contributed by atoms with Crippen molar-refractivity contribution < 1.29 is 13.2 Å². The molecule has 1 fully saturated rings. The topological polar surface area (TPSA) is 75.3 Å². The van der Waals surface area contributed by atoms with Crippen LogP contribution in [0, 0.1) is 0 Å². The summed E-state index contributed by atoms with van der Waals surface area (Å²) < 4.78 is 23.1. The molecule has 1 saturated heterocycles. The number of rotatable bonds is 5. The van der Waals surface area contributed by atoms with E-state index in [-0.39, 0.29) is 29.9 Å². The minimum Gasteiger partial charge on any atom is -0.326 e. The number of sulfone groups is 1. The first kappa shape index (κ1) is 16.0. The molecule has 0 spiro atoms. The van der Waals surface area contributed by atoms with Crippen LogP contribution in [-0.4, -0.2) is 38.4 Å². The zero-order valence-electron chi connectivity index (χ0n) is 12.3. The van der Waals surface area contributed by atoms with Crippen molar-refractivity contribution >= 4 is 21.4 Å². The fourth-order valence-electron chi connectivity index (χ4n) is 2.55. The van der Waals surface area contributed by atoms with Crippen molar-refractivity contribution in [3.63, 3.8) is 0 Å². The Morgan fingerprint density at radius 3 is 2.86 bits per heavy atom. The van der Waals surface area contributed by atoms with Crippen LogP contribution in [0.25, 0.3) is 0 Å². The van der Waals surface area contributed by atoms with E-state index in [1.807, 2.05) is 24.3 Å². The number of aryl methyl sites for hydroxylation is 1. The van der Waals surface area contributed by atoms with Crippen LogP contribution < -0.4 is 10.6 Å². The number of anilines is 1. The lowest BCUT2D eigenvalue weighted by Gasteiger charge is -2.23. The standard InChI is InChI=1S/C15H22N2O3S/c1-2-5-12-6-3-4-7-14(12)17-15(18)10-13-11-21(19,20)9-8-16-13/h3-4,6-7,13,16H,2,5,8-11H2,1H3,(H,17,18). The van der Waals surface area contributed by atoms with Gasteiger partial charge in [-0.25, -0.2) is 8.42 Å². The molecule has 1 aliphatic heterocycles. The fourth-order valence-corrected chi connectivity index (χ4v) is 4.00. The molecular weight excluding hydrogens is 288 g/mol. The van der Waals surface area contributed by atoms with Gasteiger partial charge in [0.1, 0.15) is 0 Å². The number of nitrogens with one attached hydrogen (secondary N) is 2. The lowest BCUT2D eigenvalue weighted by atomic mass is 10.1. The molecule has 1 amide bonds. The molecular formula is C15H22N2O3S. The zero-order valence-corrected chi connectivity index (χ0v) is 13.1. The van der Waals surface area contributed by atoms with Gasteiger partial charge in [-0.1, -0.05) is 31.5 Å². The number of carbonyl (C=O) groups is 1. The van der Waals surface area contributed by atoms with Crippen molar-refractivity contribution in [3.05, 3.63) is 29.8 Å². The second kappa shape index (κ2) is 7.04. The molecule has 0 aromatic heterocycles. The maximum atomic E-state index is 12.1. The largest absolute Gasteiger partial charge is 0.326 e. The molecule has 116 valence electrons. The molecule has 2 rings (SSSR count). The predicted molar refractivity (Wildman–Crippen MR) is 84.1 cm³/mol. The van der Waals surface area contributed by atoms with Gasteiger partial charge in [-0.15, -0.1) is 0 Å². The number of para-hydroxylation sites is 1. The minimum atomic E-state index is -3.01. The van der Waals surface area contributed by atoms with Crippen molar-refractivity contribution in [2.75, 3.05) is 23.4 Å². The maximum Gasteiger partial charge on any atom is 0.225 e. The van der Waals surface area contributed by atoms with Gasteiger partial charge in [0.05, 0.1) is 11.5 Å². The smallest absolute Gasteiger partial charge is 0.225 e. The first-order valence-corrected chi connectivity index (χ1v) is 9.14. The van der Waals surface area contributed by atoms with Crippen molar-refractivity contribution in [1.29, 1.82) is 0 Å². The van der Waals surface area contributed by atoms with Crippen LogP contribution in [0.4, 0.5) is 5.69 Å². The Labute approximate surface area is 126 Å². The van der Waals surface area contributed by atoms with Crippen molar-refractivity contribution in [2.24, 2.45) is 0 Å². The lowest BCUT2D eigenvalue weighted by molar-refractivity contribution is -0.116. The molecule has 1 heterocycles. The number of hydrogen-bond donors (Lipinski definition) is 2. The molecule has 5 nitrogen and oxygen atoms in total. The van der Waals surface area contributed by atoms with E-state index in [1.165, 1.54) is 0 Å². The van der Waals surface area contributed by atoms with Crippen LogP contribution in [-0.2, 0) is 21.1 Å². The van der Waals surface area contributed by atoms with E-state index < -0.39 is 9.84 Å². The highest BCUT2D eigenvalue weighted by molar-refractivity contribution is 7.91. The van der Waals surface area contributed by atoms with Crippen LogP contribution in [0.1, 0.15) is 25.3 Å². The summed E-state index contributed by atoms with van der Waals surface area (Å²) in [5.41, 5.74) is 1.93. The van der Waals surface area contributed by atoms with Gasteiger partial charge in [-0.05, 0) is 18.1 Å². The van der Waals surface area contributed by atoms with E-state index in [0.717, 1.165) is 24.1 Å². The summed E-state index contributed by atoms with van der Waals surface area (Å²) in [4.78, 5) is 12.1. The third-order valence-electron chi connectivity index (χ3n) is 3.54. The van der Waals surface area contributed by atoms with Gasteiger partial charge in [0.15, 0.2) is 9.84 Å². The molecule has 1 aromatic rings. The summed E-state index contributed by atoms with van der Waals surface area (Å²) >= 11 is 0. The van der Waals surface area contributed by atoms with Gasteiger partial charge in [-0.3, -0.25) is 4.79 Å². The quantitative estimate of drug-likeness (QED) is 0.861. The van der Waals surface area contributed by atoms with E-state index in [9.17, 15) is 13.2 Å². The molecule has 1 unspecified atom stereocenters. The Bertz CT molecular complexity index is 599. The normalized spacial score (nSPS) is 20.9. The van der Waals surface area contributed by atoms with E-state index in [2.05, 4.69) is 17.6 Å². The Kier molecular flexibility index (Phi) is 5.36. The third-order valence-corrected chi connectivity index (χ3v) is 5.28. The van der Waals surface area contributed by atoms with Gasteiger partial charge in [0.2, 0.25) is 5.91 Å². The molecule has 21 heavy (non-hydrogen) atoms. The maximum absolute atomic E-state index is 12.1. The predicted octanol–water partition coefficient (Wildman–Crippen LogP) is 1.35. The zero-order chi connectivity index (χ0) is 15.3. The summed E-state index contributed by atoms with van der Waals surface area (Å²) in [5, 5.41) is 5.99. The van der Waals surface area contributed by atoms with Crippen LogP contribution in [0.5, 0.6) is 0 Å². The van der Waals surface area contributed by atoms with Crippen LogP contribution in [0.2, 0.25) is 0 Å². The van der Waals surface area contributed by atoms with E-state index in [4.69, 9.17) is 0 Å². The highest BCUT2D eigenvalue weighted by Crippen LogP contribution is 2.17. The molecule has 2 N–H and O–H groups in total. The first-order chi connectivity index (χ1) is 10.00. The SMILES string of the molecule is CCCc1ccccc1NC(=O)CC1CS(=O)(=O)CCN1. The minimum absolute atomic E-state index is 0.0387. The molecule has 1 aromatic carbocycles. The number of benzene rings is 1. The summed E-state index contributed by atoms with van der Waals surface area (Å²) in [7, 11) is -3.01. The number of carbonyl (C=O) groups excluding carboxylic acids is 1. The summed E-state index contributed by atoms with van der Waals surface area (Å²) in [6.07, 6.45) is 2.10. The van der Waals surface area contributed by atoms with Crippen LogP contribution >= 0.6 is 0 Å². The Morgan fingerprint density at radius 1 is 1.38 bits per heavy atom. The molecule has 1 atom stereocenters. The Morgan fingerprint density at radius 2 is 2.14 bits per heavy atom. The highest BCUT2D eigenvalue weighted by atomic mass is 32.2. The second-order valence-electron chi connectivity index (χ2n) is 5.42. The summed E-state index contributed by atoms with van der Waals surface area (Å²) in [5.74, 6) is 0.0507. The average Bonchev–Trinajstić information content (AvgIpc) is 2.40. The molecule has 0 radical (unpaired) electrons. The number of hydrogen-bond acceptors (Lipinski definition) is 4. The summed E-state index contributed by atoms with van der Waals surface area (Å²) in [6, 6.07) is 7.44. The van der Waals surface area contributed by atoms with Gasteiger partial charge in [0, 0.05) is 24.7 Å². The van der Waals surface area contributed by atoms with Crippen molar-refractivity contribution in [2.45, 2.75) is 32.2 Å². The third kappa shape index (κ3) is 4.82. The van der Waals surface area contributed by atoms with E-state index in [1.54, 1.807) is 0 Å². The van der Waals surface area contributed by atoms with Gasteiger partial charge >= 0.3 is 0 Å². The summed E-state index contributed by atoms with van der Waals surface area (Å²) in [6.45, 7) is 2.52. The lowest BCUT2D eigenvalue weighted by Crippen LogP contribution is -2.46. The monoisotopic (exact) mass is 310 g/mol. The molecule has 0 bridgehead atoms. The molecule has 1 aliphatic rings. The average molecular weight is 310 g/mol. The second-order valence-corrected chi connectivity index (χ2v) is 7.65.